The van der Waals surface area contributed by atoms with Crippen LogP contribution in [0.5, 0.6) is 0 Å². The van der Waals surface area contributed by atoms with Crippen LogP contribution in [0.15, 0.2) is 0 Å². The van der Waals surface area contributed by atoms with Gasteiger partial charge in [-0.1, -0.05) is 0 Å². The second kappa shape index (κ2) is 2.90. The van der Waals surface area contributed by atoms with Crippen molar-refractivity contribution in [2.75, 3.05) is 24.6 Å². The van der Waals surface area contributed by atoms with Gasteiger partial charge in [-0.05, 0) is 0 Å². The van der Waals surface area contributed by atoms with Crippen molar-refractivity contribution in [3.05, 3.63) is 0 Å². The molecule has 0 radical (unpaired) electrons. The molecule has 2 fully saturated rings. The Morgan fingerprint density at radius 1 is 1.31 bits per heavy atom. The van der Waals surface area contributed by atoms with Crippen LogP contribution in [0.2, 0.25) is 0 Å². The molecule has 2 aliphatic heterocycles. The highest BCUT2D eigenvalue weighted by Gasteiger charge is 2.44. The largest absolute Gasteiger partial charge is 0.390 e. The fraction of sp³-hybridized carbons (Fsp3) is 1.00. The average Bonchev–Trinajstić information content (AvgIpc) is 2.18. The highest BCUT2D eigenvalue weighted by Crippen LogP contribution is 2.24. The maximum Gasteiger partial charge on any atom is 0.154 e. The van der Waals surface area contributed by atoms with Crippen molar-refractivity contribution in [2.45, 2.75) is 18.3 Å². The van der Waals surface area contributed by atoms with E-state index in [1.165, 1.54) is 0 Å². The molecule has 13 heavy (non-hydrogen) atoms. The summed E-state index contributed by atoms with van der Waals surface area (Å²) in [5, 5.41) is 9.40. The lowest BCUT2D eigenvalue weighted by Gasteiger charge is -2.39. The summed E-state index contributed by atoms with van der Waals surface area (Å²) in [5.74, 6) is -0.202. The Morgan fingerprint density at radius 3 is 2.31 bits per heavy atom. The first kappa shape index (κ1) is 9.36. The minimum atomic E-state index is -3.10. The van der Waals surface area contributed by atoms with Gasteiger partial charge in [-0.25, -0.2) is 12.8 Å². The first-order valence-corrected chi connectivity index (χ1v) is 6.07. The Morgan fingerprint density at radius 2 is 1.92 bits per heavy atom. The number of likely N-dealkylation sites (tertiary alicyclic amines) is 1. The zero-order valence-electron chi connectivity index (χ0n) is 7.06. The van der Waals surface area contributed by atoms with Gasteiger partial charge >= 0.3 is 0 Å². The van der Waals surface area contributed by atoms with Gasteiger partial charge in [-0.3, -0.25) is 4.90 Å². The number of aliphatic hydroxyl groups is 1. The molecule has 0 aromatic carbocycles. The molecule has 0 spiro atoms. The van der Waals surface area contributed by atoms with Crippen LogP contribution in [0.3, 0.4) is 0 Å². The van der Waals surface area contributed by atoms with Crippen molar-refractivity contribution in [2.24, 2.45) is 0 Å². The van der Waals surface area contributed by atoms with E-state index in [1.807, 2.05) is 0 Å². The molecule has 2 rings (SSSR count). The molecule has 0 amide bonds. The first-order valence-electron chi connectivity index (χ1n) is 4.24. The van der Waals surface area contributed by atoms with Gasteiger partial charge < -0.3 is 5.11 Å². The minimum absolute atomic E-state index is 0.0269. The van der Waals surface area contributed by atoms with Crippen molar-refractivity contribution < 1.29 is 17.9 Å². The molecule has 6 heteroatoms. The number of hydrogen-bond acceptors (Lipinski definition) is 4. The van der Waals surface area contributed by atoms with Crippen LogP contribution < -0.4 is 0 Å². The van der Waals surface area contributed by atoms with E-state index < -0.39 is 22.1 Å². The molecular formula is C7H12FNO3S. The normalized spacial score (nSPS) is 40.5. The third-order valence-electron chi connectivity index (χ3n) is 2.63. The Bertz CT molecular complexity index is 299. The fourth-order valence-corrected chi connectivity index (χ4v) is 3.72. The molecular weight excluding hydrogens is 197 g/mol. The summed E-state index contributed by atoms with van der Waals surface area (Å²) in [4.78, 5) is 1.69. The van der Waals surface area contributed by atoms with E-state index in [-0.39, 0.29) is 30.6 Å². The molecule has 0 saturated carbocycles. The van der Waals surface area contributed by atoms with Gasteiger partial charge in [-0.2, -0.15) is 0 Å². The van der Waals surface area contributed by atoms with Crippen LogP contribution in [0.25, 0.3) is 0 Å². The van der Waals surface area contributed by atoms with Gasteiger partial charge in [0.2, 0.25) is 0 Å². The highest BCUT2D eigenvalue weighted by atomic mass is 32.2. The first-order chi connectivity index (χ1) is 5.98. The monoisotopic (exact) mass is 209 g/mol. The molecule has 1 N–H and O–H groups in total. The Hall–Kier alpha value is -0.200. The Balaban J connectivity index is 2.02. The number of aliphatic hydroxyl groups excluding tert-OH is 1. The molecule has 0 unspecified atom stereocenters. The Kier molecular flexibility index (Phi) is 2.08. The van der Waals surface area contributed by atoms with E-state index in [0.29, 0.717) is 0 Å². The lowest BCUT2D eigenvalue weighted by molar-refractivity contribution is -0.00728. The van der Waals surface area contributed by atoms with Crippen molar-refractivity contribution in [1.29, 1.82) is 0 Å². The number of rotatable bonds is 1. The van der Waals surface area contributed by atoms with Gasteiger partial charge in [0.25, 0.3) is 0 Å². The standard InChI is InChI=1S/C7H12FNO3S/c8-5-1-9(2-5)6-3-13(11,12)4-7(6)10/h5-7,10H,1-4H2/t6-,7-/m1/s1. The van der Waals surface area contributed by atoms with Gasteiger partial charge in [-0.15, -0.1) is 0 Å². The quantitative estimate of drug-likeness (QED) is 0.589. The summed E-state index contributed by atoms with van der Waals surface area (Å²) in [6.07, 6.45) is -1.69. The summed E-state index contributed by atoms with van der Waals surface area (Å²) < 4.78 is 34.7. The Labute approximate surface area is 76.3 Å². The lowest BCUT2D eigenvalue weighted by Crippen LogP contribution is -2.57. The van der Waals surface area contributed by atoms with Crippen molar-refractivity contribution in [1.82, 2.24) is 4.90 Å². The summed E-state index contributed by atoms with van der Waals surface area (Å²) in [7, 11) is -3.10. The van der Waals surface area contributed by atoms with E-state index in [4.69, 9.17) is 0 Å². The summed E-state index contributed by atoms with van der Waals surface area (Å²) in [6, 6.07) is -0.378. The van der Waals surface area contributed by atoms with Gasteiger partial charge in [0.15, 0.2) is 9.84 Å². The van der Waals surface area contributed by atoms with E-state index in [0.717, 1.165) is 0 Å². The predicted octanol–water partition coefficient (Wildman–Crippen LogP) is -1.20. The molecule has 2 saturated heterocycles. The molecule has 0 aromatic rings. The minimum Gasteiger partial charge on any atom is -0.390 e. The van der Waals surface area contributed by atoms with Crippen LogP contribution in [0, 0.1) is 0 Å². The van der Waals surface area contributed by atoms with Crippen molar-refractivity contribution in [3.8, 4) is 0 Å². The highest BCUT2D eigenvalue weighted by molar-refractivity contribution is 7.91. The fourth-order valence-electron chi connectivity index (χ4n) is 1.89. The second-order valence-corrected chi connectivity index (χ2v) is 5.92. The smallest absolute Gasteiger partial charge is 0.154 e. The third-order valence-corrected chi connectivity index (χ3v) is 4.33. The van der Waals surface area contributed by atoms with Gasteiger partial charge in [0, 0.05) is 13.1 Å². The van der Waals surface area contributed by atoms with E-state index >= 15 is 0 Å². The molecule has 0 aliphatic carbocycles. The summed E-state index contributed by atoms with van der Waals surface area (Å²) in [5.41, 5.74) is 0. The van der Waals surface area contributed by atoms with Gasteiger partial charge in [0.1, 0.15) is 6.17 Å². The molecule has 0 bridgehead atoms. The topological polar surface area (TPSA) is 57.6 Å². The zero-order valence-corrected chi connectivity index (χ0v) is 7.87. The predicted molar refractivity (Wildman–Crippen MR) is 44.9 cm³/mol. The van der Waals surface area contributed by atoms with Crippen LogP contribution in [-0.4, -0.2) is 61.3 Å². The van der Waals surface area contributed by atoms with E-state index in [2.05, 4.69) is 0 Å². The van der Waals surface area contributed by atoms with Crippen molar-refractivity contribution in [3.63, 3.8) is 0 Å². The number of hydrogen-bond donors (Lipinski definition) is 1. The summed E-state index contributed by atoms with van der Waals surface area (Å²) >= 11 is 0. The van der Waals surface area contributed by atoms with Crippen LogP contribution in [0.4, 0.5) is 4.39 Å². The van der Waals surface area contributed by atoms with Crippen LogP contribution >= 0.6 is 0 Å². The van der Waals surface area contributed by atoms with Crippen molar-refractivity contribution >= 4 is 9.84 Å². The molecule has 76 valence electrons. The van der Waals surface area contributed by atoms with Gasteiger partial charge in [0.05, 0.1) is 23.7 Å². The summed E-state index contributed by atoms with van der Waals surface area (Å²) in [6.45, 7) is 0.522. The SMILES string of the molecule is O=S1(=O)C[C@@H](O)[C@H](N2CC(F)C2)C1. The number of nitrogens with zero attached hydrogens (tertiary/aromatic N) is 1. The van der Waals surface area contributed by atoms with Crippen LogP contribution in [0.1, 0.15) is 0 Å². The van der Waals surface area contributed by atoms with E-state index in [1.54, 1.807) is 4.90 Å². The molecule has 2 heterocycles. The number of sulfone groups is 1. The van der Waals surface area contributed by atoms with Crippen LogP contribution in [-0.2, 0) is 9.84 Å². The lowest BCUT2D eigenvalue weighted by atomic mass is 10.1. The van der Waals surface area contributed by atoms with E-state index in [9.17, 15) is 17.9 Å². The molecule has 2 aliphatic rings. The maximum atomic E-state index is 12.5. The zero-order chi connectivity index (χ0) is 9.64. The molecule has 4 nitrogen and oxygen atoms in total. The second-order valence-electron chi connectivity index (χ2n) is 3.76. The molecule has 0 aromatic heterocycles. The third kappa shape index (κ3) is 1.70. The maximum absolute atomic E-state index is 12.5. The molecule has 2 atom stereocenters. The average molecular weight is 209 g/mol. The number of halogens is 1. The number of alkyl halides is 1.